The normalized spacial score (nSPS) is 17.1. The molecule has 0 bridgehead atoms. The lowest BCUT2D eigenvalue weighted by Gasteiger charge is -2.09. The molecule has 2 aromatic rings. The largest absolute Gasteiger partial charge is 0.354 e. The van der Waals surface area contributed by atoms with Crippen LogP contribution in [0.4, 0.5) is 0 Å². The fourth-order valence-electron chi connectivity index (χ4n) is 2.62. The third-order valence-electron chi connectivity index (χ3n) is 4.00. The van der Waals surface area contributed by atoms with Gasteiger partial charge < -0.3 is 5.32 Å². The Balaban J connectivity index is 1.50. The second-order valence-corrected chi connectivity index (χ2v) is 8.88. The highest BCUT2D eigenvalue weighted by Crippen LogP contribution is 2.22. The van der Waals surface area contributed by atoms with Gasteiger partial charge in [0.1, 0.15) is 11.9 Å². The first kappa shape index (κ1) is 19.4. The van der Waals surface area contributed by atoms with Gasteiger partial charge in [0, 0.05) is 17.0 Å². The highest BCUT2D eigenvalue weighted by Gasteiger charge is 2.31. The molecule has 0 radical (unpaired) electrons. The van der Waals surface area contributed by atoms with Crippen LogP contribution in [0.2, 0.25) is 0 Å². The van der Waals surface area contributed by atoms with Gasteiger partial charge in [-0.05, 0) is 43.4 Å². The summed E-state index contributed by atoms with van der Waals surface area (Å²) in [6.07, 6.45) is 0.837. The molecule has 2 aromatic carbocycles. The number of fused-ring (bicyclic) bond motifs is 1. The molecule has 1 aliphatic heterocycles. The number of amidine groups is 1. The van der Waals surface area contributed by atoms with Crippen molar-refractivity contribution in [3.05, 3.63) is 60.2 Å². The fourth-order valence-corrected chi connectivity index (χ4v) is 4.73. The lowest BCUT2D eigenvalue weighted by molar-refractivity contribution is -0.121. The summed E-state index contributed by atoms with van der Waals surface area (Å²) in [5.41, 5.74) is 0.497. The summed E-state index contributed by atoms with van der Waals surface area (Å²) in [7, 11) is -3.59. The van der Waals surface area contributed by atoms with E-state index in [9.17, 15) is 13.2 Å². The van der Waals surface area contributed by atoms with E-state index in [1.165, 1.54) is 11.0 Å². The number of nitrogens with zero attached hydrogens (tertiary/aromatic N) is 1. The molecule has 0 saturated heterocycles. The molecular formula is C19H21N3O3S2. The van der Waals surface area contributed by atoms with E-state index >= 15 is 0 Å². The van der Waals surface area contributed by atoms with Crippen molar-refractivity contribution in [3.63, 3.8) is 0 Å². The average molecular weight is 404 g/mol. The first-order valence-electron chi connectivity index (χ1n) is 8.63. The lowest BCUT2D eigenvalue weighted by atomic mass is 10.2. The first-order valence-corrected chi connectivity index (χ1v) is 11.1. The number of amides is 1. The average Bonchev–Trinajstić information content (AvgIpc) is 2.92. The lowest BCUT2D eigenvalue weighted by Crippen LogP contribution is -2.34. The number of aliphatic imine (C=N–C) groups is 1. The maximum atomic E-state index is 12.2. The standard InChI is InChI=1S/C19H21N3O3S2/c1-14(19(23)20-12-7-13-26-15-8-3-2-4-9-15)21-18-16-10-5-6-11-17(16)27(24,25)22-18/h2-6,8-11,14H,7,12-13H2,1H3,(H,20,23)(H,21,22)/t14-/m0/s1. The maximum Gasteiger partial charge on any atom is 0.263 e. The van der Waals surface area contributed by atoms with Gasteiger partial charge in [0.15, 0.2) is 0 Å². The van der Waals surface area contributed by atoms with Crippen LogP contribution in [0.1, 0.15) is 18.9 Å². The Hall–Kier alpha value is -2.32. The molecule has 0 aliphatic carbocycles. The topological polar surface area (TPSA) is 87.6 Å². The number of carbonyl (C=O) groups is 1. The van der Waals surface area contributed by atoms with Crippen molar-refractivity contribution in [1.29, 1.82) is 0 Å². The number of hydrogen-bond acceptors (Lipinski definition) is 5. The number of rotatable bonds is 7. The second-order valence-electron chi connectivity index (χ2n) is 6.06. The van der Waals surface area contributed by atoms with E-state index in [0.717, 1.165) is 12.2 Å². The highest BCUT2D eigenvalue weighted by atomic mass is 32.2. The van der Waals surface area contributed by atoms with Crippen molar-refractivity contribution < 1.29 is 13.2 Å². The van der Waals surface area contributed by atoms with Crippen LogP contribution in [0.5, 0.6) is 0 Å². The van der Waals surface area contributed by atoms with Crippen molar-refractivity contribution in [1.82, 2.24) is 10.0 Å². The van der Waals surface area contributed by atoms with E-state index in [2.05, 4.69) is 27.2 Å². The summed E-state index contributed by atoms with van der Waals surface area (Å²) in [5, 5.41) is 2.85. The van der Waals surface area contributed by atoms with Crippen molar-refractivity contribution >= 4 is 33.5 Å². The summed E-state index contributed by atoms with van der Waals surface area (Å²) in [6.45, 7) is 2.20. The van der Waals surface area contributed by atoms with Crippen LogP contribution in [-0.2, 0) is 14.8 Å². The number of carbonyl (C=O) groups excluding carboxylic acids is 1. The molecule has 2 N–H and O–H groups in total. The zero-order valence-corrected chi connectivity index (χ0v) is 16.5. The number of hydrogen-bond donors (Lipinski definition) is 2. The second kappa shape index (κ2) is 8.58. The van der Waals surface area contributed by atoms with Crippen molar-refractivity contribution in [2.45, 2.75) is 29.2 Å². The van der Waals surface area contributed by atoms with Gasteiger partial charge >= 0.3 is 0 Å². The zero-order chi connectivity index (χ0) is 19.3. The molecule has 8 heteroatoms. The van der Waals surface area contributed by atoms with Crippen LogP contribution >= 0.6 is 11.8 Å². The van der Waals surface area contributed by atoms with Gasteiger partial charge in [0.05, 0.1) is 4.90 Å². The molecule has 142 valence electrons. The highest BCUT2D eigenvalue weighted by molar-refractivity contribution is 7.99. The van der Waals surface area contributed by atoms with Gasteiger partial charge in [-0.2, -0.15) is 0 Å². The predicted molar refractivity (Wildman–Crippen MR) is 108 cm³/mol. The number of nitrogens with one attached hydrogen (secondary N) is 2. The Morgan fingerprint density at radius 1 is 1.15 bits per heavy atom. The molecule has 0 saturated carbocycles. The summed E-state index contributed by atoms with van der Waals surface area (Å²) < 4.78 is 26.6. The molecule has 0 aromatic heterocycles. The summed E-state index contributed by atoms with van der Waals surface area (Å²) in [6, 6.07) is 16.0. The van der Waals surface area contributed by atoms with Gasteiger partial charge in [-0.25, -0.2) is 8.42 Å². The third-order valence-corrected chi connectivity index (χ3v) is 6.49. The SMILES string of the molecule is C[C@H](N=C1NS(=O)(=O)c2ccccc21)C(=O)NCCCSc1ccccc1. The quantitative estimate of drug-likeness (QED) is 0.549. The minimum Gasteiger partial charge on any atom is -0.354 e. The van der Waals surface area contributed by atoms with Gasteiger partial charge in [0.25, 0.3) is 10.0 Å². The van der Waals surface area contributed by atoms with Crippen LogP contribution in [0.3, 0.4) is 0 Å². The number of thioether (sulfide) groups is 1. The van der Waals surface area contributed by atoms with Gasteiger partial charge in [-0.15, -0.1) is 11.8 Å². The summed E-state index contributed by atoms with van der Waals surface area (Å²) in [4.78, 5) is 17.9. The van der Waals surface area contributed by atoms with Crippen molar-refractivity contribution in [2.75, 3.05) is 12.3 Å². The van der Waals surface area contributed by atoms with Gasteiger partial charge in [-0.1, -0.05) is 30.3 Å². The molecule has 1 heterocycles. The molecule has 27 heavy (non-hydrogen) atoms. The van der Waals surface area contributed by atoms with E-state index in [4.69, 9.17) is 0 Å². The minimum atomic E-state index is -3.59. The molecular weight excluding hydrogens is 382 g/mol. The number of benzene rings is 2. The van der Waals surface area contributed by atoms with E-state index in [-0.39, 0.29) is 16.6 Å². The minimum absolute atomic E-state index is 0.189. The van der Waals surface area contributed by atoms with E-state index in [0.29, 0.717) is 12.1 Å². The van der Waals surface area contributed by atoms with E-state index in [1.54, 1.807) is 36.9 Å². The van der Waals surface area contributed by atoms with E-state index in [1.807, 2.05) is 18.2 Å². The Morgan fingerprint density at radius 2 is 1.85 bits per heavy atom. The first-order chi connectivity index (χ1) is 13.0. The molecule has 1 aliphatic rings. The smallest absolute Gasteiger partial charge is 0.263 e. The molecule has 0 fully saturated rings. The van der Waals surface area contributed by atoms with Gasteiger partial charge in [-0.3, -0.25) is 14.5 Å². The Bertz CT molecular complexity index is 944. The molecule has 3 rings (SSSR count). The van der Waals surface area contributed by atoms with Crippen molar-refractivity contribution in [2.24, 2.45) is 4.99 Å². The Morgan fingerprint density at radius 3 is 2.63 bits per heavy atom. The van der Waals surface area contributed by atoms with Crippen LogP contribution in [-0.4, -0.2) is 38.5 Å². The van der Waals surface area contributed by atoms with Crippen molar-refractivity contribution in [3.8, 4) is 0 Å². The number of sulfonamides is 1. The van der Waals surface area contributed by atoms with Crippen LogP contribution < -0.4 is 10.0 Å². The molecule has 0 unspecified atom stereocenters. The van der Waals surface area contributed by atoms with Crippen LogP contribution in [0.25, 0.3) is 0 Å². The predicted octanol–water partition coefficient (Wildman–Crippen LogP) is 2.41. The molecule has 6 nitrogen and oxygen atoms in total. The van der Waals surface area contributed by atoms with Crippen LogP contribution in [0, 0.1) is 0 Å². The van der Waals surface area contributed by atoms with Crippen LogP contribution in [0.15, 0.2) is 69.4 Å². The summed E-state index contributed by atoms with van der Waals surface area (Å²) in [5.74, 6) is 0.893. The zero-order valence-electron chi connectivity index (χ0n) is 14.9. The Labute approximate surface area is 163 Å². The maximum absolute atomic E-state index is 12.2. The Kier molecular flexibility index (Phi) is 6.18. The molecule has 1 atom stereocenters. The van der Waals surface area contributed by atoms with Gasteiger partial charge in [0.2, 0.25) is 5.91 Å². The third kappa shape index (κ3) is 4.90. The molecule has 1 amide bonds. The summed E-state index contributed by atoms with van der Waals surface area (Å²) >= 11 is 1.74. The van der Waals surface area contributed by atoms with E-state index < -0.39 is 16.1 Å². The molecule has 0 spiro atoms. The fraction of sp³-hybridized carbons (Fsp3) is 0.263. The monoisotopic (exact) mass is 403 g/mol.